The molecule has 0 bridgehead atoms. The van der Waals surface area contributed by atoms with Crippen LogP contribution in [0, 0.1) is 0 Å². The van der Waals surface area contributed by atoms with Crippen molar-refractivity contribution >= 4 is 0 Å². The highest BCUT2D eigenvalue weighted by Crippen LogP contribution is 2.30. The first-order chi connectivity index (χ1) is 10.4. The molecule has 0 saturated heterocycles. The fourth-order valence-electron chi connectivity index (χ4n) is 2.47. The second-order valence-corrected chi connectivity index (χ2v) is 5.06. The molecule has 6 heteroatoms. The highest BCUT2D eigenvalue weighted by molar-refractivity contribution is 5.43. The molecule has 1 atom stereocenters. The van der Waals surface area contributed by atoms with Crippen molar-refractivity contribution in [2.75, 3.05) is 6.61 Å². The molecule has 22 heavy (non-hydrogen) atoms. The summed E-state index contributed by atoms with van der Waals surface area (Å²) in [6.07, 6.45) is -3.85. The van der Waals surface area contributed by atoms with Crippen molar-refractivity contribution in [3.63, 3.8) is 0 Å². The summed E-state index contributed by atoms with van der Waals surface area (Å²) < 4.78 is 45.7. The van der Waals surface area contributed by atoms with Crippen molar-refractivity contribution < 1.29 is 22.6 Å². The van der Waals surface area contributed by atoms with Crippen LogP contribution in [-0.2, 0) is 6.42 Å². The van der Waals surface area contributed by atoms with E-state index in [4.69, 9.17) is 10.5 Å². The maximum absolute atomic E-state index is 12.1. The standard InChI is InChI=1S/C16H14F3NO2/c17-16(18,19)22-13-4-1-10(2-5-13)15(20)12-3-6-14-11(9-12)7-8-21-14/h1-6,9,15H,7-8,20H2/t15-/m1/s1. The van der Waals surface area contributed by atoms with Crippen molar-refractivity contribution in [3.05, 3.63) is 59.2 Å². The average molecular weight is 309 g/mol. The normalized spacial score (nSPS) is 15.1. The van der Waals surface area contributed by atoms with E-state index in [1.165, 1.54) is 24.3 Å². The Kier molecular flexibility index (Phi) is 3.70. The highest BCUT2D eigenvalue weighted by atomic mass is 19.4. The first-order valence-electron chi connectivity index (χ1n) is 6.79. The van der Waals surface area contributed by atoms with Gasteiger partial charge in [-0.25, -0.2) is 0 Å². The zero-order chi connectivity index (χ0) is 15.7. The first-order valence-corrected chi connectivity index (χ1v) is 6.79. The van der Waals surface area contributed by atoms with Crippen molar-refractivity contribution in [2.24, 2.45) is 5.73 Å². The van der Waals surface area contributed by atoms with Gasteiger partial charge in [-0.05, 0) is 34.9 Å². The van der Waals surface area contributed by atoms with Gasteiger partial charge in [-0.15, -0.1) is 13.2 Å². The maximum Gasteiger partial charge on any atom is 0.573 e. The molecule has 116 valence electrons. The minimum Gasteiger partial charge on any atom is -0.493 e. The molecule has 3 rings (SSSR count). The molecule has 2 aromatic carbocycles. The fraction of sp³-hybridized carbons (Fsp3) is 0.250. The number of hydrogen-bond donors (Lipinski definition) is 1. The second-order valence-electron chi connectivity index (χ2n) is 5.06. The predicted octanol–water partition coefficient (Wildman–Crippen LogP) is 3.57. The van der Waals surface area contributed by atoms with E-state index >= 15 is 0 Å². The van der Waals surface area contributed by atoms with Gasteiger partial charge in [0.2, 0.25) is 0 Å². The van der Waals surface area contributed by atoms with Gasteiger partial charge in [-0.2, -0.15) is 0 Å². The van der Waals surface area contributed by atoms with Gasteiger partial charge >= 0.3 is 6.36 Å². The van der Waals surface area contributed by atoms with Crippen LogP contribution < -0.4 is 15.2 Å². The van der Waals surface area contributed by atoms with Crippen LogP contribution in [0.5, 0.6) is 11.5 Å². The van der Waals surface area contributed by atoms with Crippen LogP contribution in [0.3, 0.4) is 0 Å². The topological polar surface area (TPSA) is 44.5 Å². The third-order valence-corrected chi connectivity index (χ3v) is 3.55. The Hall–Kier alpha value is -2.21. The van der Waals surface area contributed by atoms with Gasteiger partial charge in [0.25, 0.3) is 0 Å². The third-order valence-electron chi connectivity index (χ3n) is 3.55. The molecule has 0 saturated carbocycles. The largest absolute Gasteiger partial charge is 0.573 e. The molecular weight excluding hydrogens is 295 g/mol. The monoisotopic (exact) mass is 309 g/mol. The van der Waals surface area contributed by atoms with Crippen LogP contribution in [0.2, 0.25) is 0 Å². The molecule has 0 aromatic heterocycles. The number of benzene rings is 2. The summed E-state index contributed by atoms with van der Waals surface area (Å²) in [7, 11) is 0. The smallest absolute Gasteiger partial charge is 0.493 e. The summed E-state index contributed by atoms with van der Waals surface area (Å²) in [4.78, 5) is 0. The average Bonchev–Trinajstić information content (AvgIpc) is 2.93. The van der Waals surface area contributed by atoms with Gasteiger partial charge in [-0.1, -0.05) is 24.3 Å². The Morgan fingerprint density at radius 3 is 2.41 bits per heavy atom. The lowest BCUT2D eigenvalue weighted by Gasteiger charge is -2.15. The van der Waals surface area contributed by atoms with Crippen molar-refractivity contribution in [1.29, 1.82) is 0 Å². The molecule has 1 aliphatic heterocycles. The summed E-state index contributed by atoms with van der Waals surface area (Å²) in [6, 6.07) is 10.9. The molecule has 1 heterocycles. The van der Waals surface area contributed by atoms with Gasteiger partial charge in [0, 0.05) is 6.42 Å². The first kappa shape index (κ1) is 14.7. The van der Waals surface area contributed by atoms with Crippen LogP contribution in [0.1, 0.15) is 22.7 Å². The third kappa shape index (κ3) is 3.17. The lowest BCUT2D eigenvalue weighted by Crippen LogP contribution is -2.17. The number of fused-ring (bicyclic) bond motifs is 1. The van der Waals surface area contributed by atoms with Crippen molar-refractivity contribution in [2.45, 2.75) is 18.8 Å². The summed E-state index contributed by atoms with van der Waals surface area (Å²) >= 11 is 0. The van der Waals surface area contributed by atoms with Gasteiger partial charge < -0.3 is 15.2 Å². The molecule has 0 spiro atoms. The van der Waals surface area contributed by atoms with E-state index in [2.05, 4.69) is 4.74 Å². The number of halogens is 3. The van der Waals surface area contributed by atoms with Gasteiger partial charge in [0.15, 0.2) is 0 Å². The molecule has 0 fully saturated rings. The molecule has 0 amide bonds. The Morgan fingerprint density at radius 2 is 1.73 bits per heavy atom. The van der Waals surface area contributed by atoms with Crippen LogP contribution in [-0.4, -0.2) is 13.0 Å². The lowest BCUT2D eigenvalue weighted by molar-refractivity contribution is -0.274. The molecule has 3 nitrogen and oxygen atoms in total. The second kappa shape index (κ2) is 5.53. The molecule has 2 N–H and O–H groups in total. The summed E-state index contributed by atoms with van der Waals surface area (Å²) in [5.74, 6) is 0.607. The quantitative estimate of drug-likeness (QED) is 0.942. The fourth-order valence-corrected chi connectivity index (χ4v) is 2.47. The van der Waals surface area contributed by atoms with Gasteiger partial charge in [-0.3, -0.25) is 0 Å². The van der Waals surface area contributed by atoms with E-state index in [0.29, 0.717) is 12.2 Å². The van der Waals surface area contributed by atoms with Crippen LogP contribution >= 0.6 is 0 Å². The zero-order valence-electron chi connectivity index (χ0n) is 11.6. The van der Waals surface area contributed by atoms with E-state index in [0.717, 1.165) is 23.3 Å². The van der Waals surface area contributed by atoms with E-state index < -0.39 is 12.4 Å². The summed E-state index contributed by atoms with van der Waals surface area (Å²) in [6.45, 7) is 0.664. The molecule has 2 aromatic rings. The lowest BCUT2D eigenvalue weighted by atomic mass is 9.97. The van der Waals surface area contributed by atoms with E-state index in [1.54, 1.807) is 0 Å². The van der Waals surface area contributed by atoms with Gasteiger partial charge in [0.05, 0.1) is 12.6 Å². The number of nitrogens with two attached hydrogens (primary N) is 1. The summed E-state index contributed by atoms with van der Waals surface area (Å²) in [5, 5.41) is 0. The highest BCUT2D eigenvalue weighted by Gasteiger charge is 2.31. The minimum absolute atomic E-state index is 0.259. The predicted molar refractivity (Wildman–Crippen MR) is 74.8 cm³/mol. The molecular formula is C16H14F3NO2. The molecule has 0 unspecified atom stereocenters. The van der Waals surface area contributed by atoms with Crippen LogP contribution in [0.25, 0.3) is 0 Å². The zero-order valence-corrected chi connectivity index (χ0v) is 11.6. The van der Waals surface area contributed by atoms with Gasteiger partial charge in [0.1, 0.15) is 11.5 Å². The number of alkyl halides is 3. The van der Waals surface area contributed by atoms with Crippen LogP contribution in [0.15, 0.2) is 42.5 Å². The minimum atomic E-state index is -4.69. The van der Waals surface area contributed by atoms with E-state index in [-0.39, 0.29) is 5.75 Å². The van der Waals surface area contributed by atoms with E-state index in [1.807, 2.05) is 18.2 Å². The van der Waals surface area contributed by atoms with Crippen molar-refractivity contribution in [1.82, 2.24) is 0 Å². The molecule has 0 aliphatic carbocycles. The number of ether oxygens (including phenoxy) is 2. The summed E-state index contributed by atoms with van der Waals surface area (Å²) in [5.41, 5.74) is 8.90. The number of rotatable bonds is 3. The SMILES string of the molecule is N[C@H](c1ccc(OC(F)(F)F)cc1)c1ccc2c(c1)CCO2. The Bertz CT molecular complexity index is 668. The Morgan fingerprint density at radius 1 is 1.05 bits per heavy atom. The van der Waals surface area contributed by atoms with E-state index in [9.17, 15) is 13.2 Å². The van der Waals surface area contributed by atoms with Crippen molar-refractivity contribution in [3.8, 4) is 11.5 Å². The molecule has 0 radical (unpaired) electrons. The molecule has 1 aliphatic rings. The Labute approximate surface area is 125 Å². The van der Waals surface area contributed by atoms with Crippen LogP contribution in [0.4, 0.5) is 13.2 Å². The maximum atomic E-state index is 12.1. The number of hydrogen-bond acceptors (Lipinski definition) is 3. The Balaban J connectivity index is 1.79.